The van der Waals surface area contributed by atoms with E-state index in [-0.39, 0.29) is 29.4 Å². The third-order valence-electron chi connectivity index (χ3n) is 2.21. The number of halogens is 4. The lowest BCUT2D eigenvalue weighted by Crippen LogP contribution is -2.19. The molecule has 0 aliphatic rings. The highest BCUT2D eigenvalue weighted by Crippen LogP contribution is 2.31. The molecule has 0 atom stereocenters. The van der Waals surface area contributed by atoms with Crippen LogP contribution in [-0.2, 0) is 21.8 Å². The lowest BCUT2D eigenvalue weighted by Gasteiger charge is -2.15. The molecule has 1 aromatic heterocycles. The first kappa shape index (κ1) is 16.4. The number of aromatic nitrogens is 1. The molecule has 1 aromatic rings. The Balaban J connectivity index is 3.22. The molecule has 20 heavy (non-hydrogen) atoms. The Labute approximate surface area is 117 Å². The zero-order valence-corrected chi connectivity index (χ0v) is 11.3. The van der Waals surface area contributed by atoms with Crippen LogP contribution in [0.1, 0.15) is 11.3 Å². The van der Waals surface area contributed by atoms with Crippen LogP contribution in [0.4, 0.5) is 13.2 Å². The Hall–Kier alpha value is -1.70. The summed E-state index contributed by atoms with van der Waals surface area (Å²) in [6.45, 7) is 0. The summed E-state index contributed by atoms with van der Waals surface area (Å²) in [6.07, 6.45) is -5.19. The number of methoxy groups -OCH3 is 2. The van der Waals surface area contributed by atoms with Gasteiger partial charge in [0.1, 0.15) is 5.69 Å². The predicted octanol–water partition coefficient (Wildman–Crippen LogP) is 2.44. The second-order valence-electron chi connectivity index (χ2n) is 3.54. The van der Waals surface area contributed by atoms with Crippen LogP contribution in [0.15, 0.2) is 6.07 Å². The van der Waals surface area contributed by atoms with Gasteiger partial charge in [0, 0.05) is 5.56 Å². The molecule has 0 aliphatic carbocycles. The molecule has 0 N–H and O–H groups in total. The third-order valence-corrected chi connectivity index (χ3v) is 2.46. The number of esters is 1. The van der Waals surface area contributed by atoms with Crippen LogP contribution in [0, 0.1) is 0 Å². The van der Waals surface area contributed by atoms with Crippen molar-refractivity contribution in [2.45, 2.75) is 18.7 Å². The first-order valence-electron chi connectivity index (χ1n) is 5.26. The summed E-state index contributed by atoms with van der Waals surface area (Å²) in [5, 5.41) is 0. The van der Waals surface area contributed by atoms with Gasteiger partial charge in [-0.05, 0) is 6.07 Å². The molecule has 0 aliphatic heterocycles. The van der Waals surface area contributed by atoms with E-state index < -0.39 is 18.1 Å². The van der Waals surface area contributed by atoms with E-state index in [0.29, 0.717) is 0 Å². The monoisotopic (exact) mass is 313 g/mol. The number of carbonyl (C=O) groups excluding carboxylic acids is 1. The maximum absolute atomic E-state index is 12.3. The summed E-state index contributed by atoms with van der Waals surface area (Å²) < 4.78 is 50.0. The van der Waals surface area contributed by atoms with Crippen molar-refractivity contribution in [3.05, 3.63) is 17.3 Å². The van der Waals surface area contributed by atoms with Crippen molar-refractivity contribution < 1.29 is 32.2 Å². The van der Waals surface area contributed by atoms with Gasteiger partial charge in [-0.15, -0.1) is 24.8 Å². The second-order valence-corrected chi connectivity index (χ2v) is 3.80. The second kappa shape index (κ2) is 6.65. The topological polar surface area (TPSA) is 57.7 Å². The number of rotatable bonds is 5. The summed E-state index contributed by atoms with van der Waals surface area (Å²) in [6, 6.07) is 1.01. The molecule has 0 saturated heterocycles. The highest BCUT2D eigenvalue weighted by Gasteiger charge is 2.33. The van der Waals surface area contributed by atoms with Crippen LogP contribution in [-0.4, -0.2) is 31.5 Å². The van der Waals surface area contributed by atoms with Crippen molar-refractivity contribution in [3.63, 3.8) is 0 Å². The average Bonchev–Trinajstić information content (AvgIpc) is 2.37. The quantitative estimate of drug-likeness (QED) is 0.617. The zero-order valence-electron chi connectivity index (χ0n) is 10.6. The van der Waals surface area contributed by atoms with E-state index >= 15 is 0 Å². The number of carbonyl (C=O) groups is 1. The van der Waals surface area contributed by atoms with Crippen LogP contribution < -0.4 is 9.47 Å². The lowest BCUT2D eigenvalue weighted by molar-refractivity contribution is -0.275. The largest absolute Gasteiger partial charge is 0.573 e. The van der Waals surface area contributed by atoms with E-state index in [4.69, 9.17) is 16.3 Å². The Morgan fingerprint density at radius 2 is 2.05 bits per heavy atom. The minimum absolute atomic E-state index is 0.0134. The van der Waals surface area contributed by atoms with Crippen molar-refractivity contribution in [2.24, 2.45) is 0 Å². The predicted molar refractivity (Wildman–Crippen MR) is 62.7 cm³/mol. The Morgan fingerprint density at radius 1 is 1.40 bits per heavy atom. The van der Waals surface area contributed by atoms with E-state index in [2.05, 4.69) is 14.5 Å². The number of alkyl halides is 4. The molecular formula is C11H11ClF3NO4. The first-order valence-corrected chi connectivity index (χ1v) is 5.79. The summed E-state index contributed by atoms with van der Waals surface area (Å²) in [7, 11) is 2.42. The third kappa shape index (κ3) is 4.44. The van der Waals surface area contributed by atoms with E-state index in [1.54, 1.807) is 0 Å². The van der Waals surface area contributed by atoms with Gasteiger partial charge in [0.05, 0.1) is 26.5 Å². The van der Waals surface area contributed by atoms with Gasteiger partial charge >= 0.3 is 12.3 Å². The van der Waals surface area contributed by atoms with E-state index in [1.165, 1.54) is 7.11 Å². The fraction of sp³-hybridized carbons (Fsp3) is 0.455. The molecule has 5 nitrogen and oxygen atoms in total. The van der Waals surface area contributed by atoms with Crippen LogP contribution in [0.2, 0.25) is 0 Å². The molecular weight excluding hydrogens is 303 g/mol. The molecule has 1 rings (SSSR count). The van der Waals surface area contributed by atoms with Gasteiger partial charge in [0.2, 0.25) is 5.88 Å². The van der Waals surface area contributed by atoms with E-state index in [0.717, 1.165) is 13.2 Å². The fourth-order valence-corrected chi connectivity index (χ4v) is 1.58. The van der Waals surface area contributed by atoms with Crippen molar-refractivity contribution in [1.82, 2.24) is 4.98 Å². The van der Waals surface area contributed by atoms with Gasteiger partial charge in [-0.1, -0.05) is 0 Å². The van der Waals surface area contributed by atoms with Gasteiger partial charge in [0.15, 0.2) is 5.75 Å². The normalized spacial score (nSPS) is 11.1. The van der Waals surface area contributed by atoms with Crippen molar-refractivity contribution in [2.75, 3.05) is 14.2 Å². The molecule has 0 spiro atoms. The summed E-state index contributed by atoms with van der Waals surface area (Å²) in [4.78, 5) is 15.0. The Morgan fingerprint density at radius 3 is 2.50 bits per heavy atom. The van der Waals surface area contributed by atoms with Crippen LogP contribution in [0.3, 0.4) is 0 Å². The van der Waals surface area contributed by atoms with Crippen LogP contribution in [0.5, 0.6) is 11.6 Å². The molecule has 9 heteroatoms. The molecule has 0 saturated carbocycles. The molecule has 1 heterocycles. The number of ether oxygens (including phenoxy) is 3. The molecule has 0 aromatic carbocycles. The zero-order chi connectivity index (χ0) is 15.3. The van der Waals surface area contributed by atoms with E-state index in [1.807, 2.05) is 0 Å². The van der Waals surface area contributed by atoms with Crippen LogP contribution >= 0.6 is 11.6 Å². The number of hydrogen-bond acceptors (Lipinski definition) is 5. The SMILES string of the molecule is COC(=O)Cc1cc(OC(F)(F)F)c(CCl)nc1OC. The maximum atomic E-state index is 12.3. The molecule has 112 valence electrons. The maximum Gasteiger partial charge on any atom is 0.573 e. The van der Waals surface area contributed by atoms with Gasteiger partial charge in [-0.2, -0.15) is 0 Å². The minimum atomic E-state index is -4.89. The van der Waals surface area contributed by atoms with Gasteiger partial charge in [-0.25, -0.2) is 4.98 Å². The van der Waals surface area contributed by atoms with Gasteiger partial charge < -0.3 is 14.2 Å². The van der Waals surface area contributed by atoms with E-state index in [9.17, 15) is 18.0 Å². The molecule has 0 unspecified atom stereocenters. The van der Waals surface area contributed by atoms with Crippen molar-refractivity contribution in [3.8, 4) is 11.6 Å². The number of nitrogens with zero attached hydrogens (tertiary/aromatic N) is 1. The first-order chi connectivity index (χ1) is 9.30. The minimum Gasteiger partial charge on any atom is -0.481 e. The Bertz CT molecular complexity index is 493. The molecule has 0 radical (unpaired) electrons. The standard InChI is InChI=1S/C11H11ClF3NO4/c1-18-9(17)4-6-3-8(20-11(13,14)15)7(5-12)16-10(6)19-2/h3H,4-5H2,1-2H3. The summed E-state index contributed by atoms with van der Waals surface area (Å²) >= 11 is 5.52. The highest BCUT2D eigenvalue weighted by molar-refractivity contribution is 6.17. The highest BCUT2D eigenvalue weighted by atomic mass is 35.5. The van der Waals surface area contributed by atoms with Crippen molar-refractivity contribution >= 4 is 17.6 Å². The summed E-state index contributed by atoms with van der Waals surface area (Å²) in [5.74, 6) is -1.55. The molecule has 0 fully saturated rings. The summed E-state index contributed by atoms with van der Waals surface area (Å²) in [5.41, 5.74) is -0.0399. The fourth-order valence-electron chi connectivity index (χ4n) is 1.39. The molecule has 0 bridgehead atoms. The van der Waals surface area contributed by atoms with Crippen LogP contribution in [0.25, 0.3) is 0 Å². The average molecular weight is 314 g/mol. The van der Waals surface area contributed by atoms with Gasteiger partial charge in [-0.3, -0.25) is 4.79 Å². The van der Waals surface area contributed by atoms with Crippen molar-refractivity contribution in [1.29, 1.82) is 0 Å². The number of pyridine rings is 1. The smallest absolute Gasteiger partial charge is 0.481 e. The molecule has 0 amide bonds. The van der Waals surface area contributed by atoms with Gasteiger partial charge in [0.25, 0.3) is 0 Å². The Kier molecular flexibility index (Phi) is 5.43. The number of hydrogen-bond donors (Lipinski definition) is 0. The lowest BCUT2D eigenvalue weighted by atomic mass is 10.1.